The second-order valence-corrected chi connectivity index (χ2v) is 6.84. The number of benzene rings is 3. The van der Waals surface area contributed by atoms with Gasteiger partial charge in [-0.1, -0.05) is 60.7 Å². The fraction of sp³-hybridized carbons (Fsp3) is 0.0833. The van der Waals surface area contributed by atoms with Gasteiger partial charge in [-0.25, -0.2) is 14.4 Å². The van der Waals surface area contributed by atoms with Gasteiger partial charge in [0.1, 0.15) is 0 Å². The molecule has 5 rings (SSSR count). The summed E-state index contributed by atoms with van der Waals surface area (Å²) in [7, 11) is 0. The van der Waals surface area contributed by atoms with E-state index in [1.165, 1.54) is 4.57 Å². The zero-order valence-corrected chi connectivity index (χ0v) is 16.3. The molecule has 0 saturated heterocycles. The van der Waals surface area contributed by atoms with Crippen LogP contribution in [0.25, 0.3) is 10.9 Å². The Balaban J connectivity index is 0.000000166. The first-order valence-corrected chi connectivity index (χ1v) is 9.52. The van der Waals surface area contributed by atoms with Crippen LogP contribution in [0.15, 0.2) is 92.9 Å². The molecule has 0 bridgehead atoms. The normalized spacial score (nSPS) is 12.5. The van der Waals surface area contributed by atoms with Crippen LogP contribution in [0.5, 0.6) is 0 Å². The molecule has 154 valence electrons. The Morgan fingerprint density at radius 3 is 2.26 bits per heavy atom. The molecule has 0 unspecified atom stereocenters. The largest absolute Gasteiger partial charge is 0.422 e. The van der Waals surface area contributed by atoms with E-state index >= 15 is 0 Å². The first-order chi connectivity index (χ1) is 15.0. The molecule has 0 spiro atoms. The van der Waals surface area contributed by atoms with Gasteiger partial charge in [-0.15, -0.1) is 0 Å². The average molecular weight is 415 g/mol. The number of aromatic nitrogens is 1. The summed E-state index contributed by atoms with van der Waals surface area (Å²) in [6.45, 7) is 0.379. The minimum absolute atomic E-state index is 0.196. The minimum atomic E-state index is -0.632. The van der Waals surface area contributed by atoms with E-state index in [-0.39, 0.29) is 6.42 Å². The Bertz CT molecular complexity index is 1380. The predicted octanol–water partition coefficient (Wildman–Crippen LogP) is 2.93. The van der Waals surface area contributed by atoms with Crippen molar-refractivity contribution in [1.82, 2.24) is 4.57 Å². The summed E-state index contributed by atoms with van der Waals surface area (Å²) >= 11 is 0. The minimum Gasteiger partial charge on any atom is -0.389 e. The molecule has 0 fully saturated rings. The highest BCUT2D eigenvalue weighted by atomic mass is 16.6. The molecular formula is C24H17NO6. The number of para-hydroxylation sites is 1. The van der Waals surface area contributed by atoms with Crippen molar-refractivity contribution in [2.75, 3.05) is 0 Å². The molecule has 0 aliphatic carbocycles. The number of hydrogen-bond donors (Lipinski definition) is 0. The summed E-state index contributed by atoms with van der Waals surface area (Å²) < 4.78 is 10.6. The Kier molecular flexibility index (Phi) is 5.57. The lowest BCUT2D eigenvalue weighted by Crippen LogP contribution is -2.25. The van der Waals surface area contributed by atoms with E-state index in [1.807, 2.05) is 30.3 Å². The summed E-state index contributed by atoms with van der Waals surface area (Å²) in [5, 5.41) is 0.415. The molecule has 31 heavy (non-hydrogen) atoms. The van der Waals surface area contributed by atoms with Gasteiger partial charge in [0.15, 0.2) is 0 Å². The number of cyclic esters (lactones) is 2. The molecule has 1 aromatic heterocycles. The van der Waals surface area contributed by atoms with Crippen molar-refractivity contribution in [2.24, 2.45) is 0 Å². The van der Waals surface area contributed by atoms with Gasteiger partial charge in [0.05, 0.1) is 29.4 Å². The predicted molar refractivity (Wildman–Crippen MR) is 113 cm³/mol. The van der Waals surface area contributed by atoms with E-state index in [1.54, 1.807) is 48.5 Å². The Labute approximate surface area is 176 Å². The van der Waals surface area contributed by atoms with E-state index in [4.69, 9.17) is 4.42 Å². The van der Waals surface area contributed by atoms with E-state index in [0.717, 1.165) is 11.1 Å². The molecule has 1 aliphatic rings. The molecule has 0 atom stereocenters. The van der Waals surface area contributed by atoms with Crippen LogP contribution in [0, 0.1) is 0 Å². The van der Waals surface area contributed by atoms with Gasteiger partial charge >= 0.3 is 23.3 Å². The highest BCUT2D eigenvalue weighted by Gasteiger charge is 2.23. The first-order valence-electron chi connectivity index (χ1n) is 9.52. The number of hydrogen-bond acceptors (Lipinski definition) is 6. The third kappa shape index (κ3) is 4.35. The van der Waals surface area contributed by atoms with Gasteiger partial charge in [0, 0.05) is 0 Å². The fourth-order valence-corrected chi connectivity index (χ4v) is 3.31. The van der Waals surface area contributed by atoms with Crippen molar-refractivity contribution in [3.05, 3.63) is 117 Å². The van der Waals surface area contributed by atoms with Gasteiger partial charge in [-0.2, -0.15) is 0 Å². The van der Waals surface area contributed by atoms with E-state index < -0.39 is 23.3 Å². The first kappa shape index (κ1) is 20.0. The summed E-state index contributed by atoms with van der Waals surface area (Å²) in [4.78, 5) is 45.3. The maximum absolute atomic E-state index is 11.9. The lowest BCUT2D eigenvalue weighted by Gasteiger charge is -2.12. The topological polar surface area (TPSA) is 95.6 Å². The van der Waals surface area contributed by atoms with Crippen LogP contribution in [-0.4, -0.2) is 16.5 Å². The summed E-state index contributed by atoms with van der Waals surface area (Å²) in [5.74, 6) is -1.65. The van der Waals surface area contributed by atoms with Crippen molar-refractivity contribution in [1.29, 1.82) is 0 Å². The zero-order valence-electron chi connectivity index (χ0n) is 16.3. The smallest absolute Gasteiger partial charge is 0.389 e. The van der Waals surface area contributed by atoms with Crippen LogP contribution in [0.2, 0.25) is 0 Å². The Morgan fingerprint density at radius 2 is 1.45 bits per heavy atom. The molecule has 0 radical (unpaired) electrons. The highest BCUT2D eigenvalue weighted by Crippen LogP contribution is 2.16. The van der Waals surface area contributed by atoms with Crippen molar-refractivity contribution >= 4 is 22.8 Å². The van der Waals surface area contributed by atoms with E-state index in [2.05, 4.69) is 4.74 Å². The number of rotatable bonds is 2. The summed E-state index contributed by atoms with van der Waals surface area (Å²) in [6, 6.07) is 23.5. The lowest BCUT2D eigenvalue weighted by atomic mass is 10.0. The van der Waals surface area contributed by atoms with Crippen LogP contribution >= 0.6 is 0 Å². The molecule has 0 saturated carbocycles. The number of nitrogens with zero attached hydrogens (tertiary/aromatic N) is 1. The maximum Gasteiger partial charge on any atom is 0.422 e. The molecule has 0 amide bonds. The van der Waals surface area contributed by atoms with Gasteiger partial charge < -0.3 is 9.15 Å². The lowest BCUT2D eigenvalue weighted by molar-refractivity contribution is -0.137. The number of ether oxygens (including phenoxy) is 1. The molecular weight excluding hydrogens is 398 g/mol. The SMILES string of the molecule is O=C1Cc2ccccc2C(=O)O1.O=c1oc(=O)n(Cc2ccccc2)c2ccccc12. The summed E-state index contributed by atoms with van der Waals surface area (Å²) in [6.07, 6.45) is 0.196. The number of fused-ring (bicyclic) bond motifs is 2. The molecule has 2 heterocycles. The van der Waals surface area contributed by atoms with Gasteiger partial charge in [-0.05, 0) is 29.3 Å². The fourth-order valence-electron chi connectivity index (χ4n) is 3.31. The second kappa shape index (κ2) is 8.62. The van der Waals surface area contributed by atoms with E-state index in [0.29, 0.717) is 23.0 Å². The van der Waals surface area contributed by atoms with Gasteiger partial charge in [-0.3, -0.25) is 9.36 Å². The molecule has 7 nitrogen and oxygen atoms in total. The van der Waals surface area contributed by atoms with Crippen molar-refractivity contribution in [3.8, 4) is 0 Å². The highest BCUT2D eigenvalue weighted by molar-refractivity contribution is 6.02. The number of esters is 2. The zero-order chi connectivity index (χ0) is 21.8. The Morgan fingerprint density at radius 1 is 0.774 bits per heavy atom. The number of carbonyl (C=O) groups is 2. The van der Waals surface area contributed by atoms with Crippen LogP contribution in [0.3, 0.4) is 0 Å². The standard InChI is InChI=1S/C15H11NO3.C9H6O3/c17-14-12-8-4-5-9-13(12)16(15(18)19-14)10-11-6-2-1-3-7-11;10-8-5-6-3-1-2-4-7(6)9(11)12-8/h1-9H,10H2;1-4H,5H2. The van der Waals surface area contributed by atoms with E-state index in [9.17, 15) is 19.2 Å². The Hall–Kier alpha value is -4.26. The van der Waals surface area contributed by atoms with Crippen molar-refractivity contribution in [2.45, 2.75) is 13.0 Å². The maximum atomic E-state index is 11.9. The molecule has 4 aromatic rings. The third-order valence-corrected chi connectivity index (χ3v) is 4.78. The van der Waals surface area contributed by atoms with Crippen LogP contribution in [0.4, 0.5) is 0 Å². The van der Waals surface area contributed by atoms with Crippen LogP contribution in [0.1, 0.15) is 21.5 Å². The van der Waals surface area contributed by atoms with Gasteiger partial charge in [0.2, 0.25) is 0 Å². The van der Waals surface area contributed by atoms with Crippen molar-refractivity contribution in [3.63, 3.8) is 0 Å². The van der Waals surface area contributed by atoms with Gasteiger partial charge in [0.25, 0.3) is 0 Å². The third-order valence-electron chi connectivity index (χ3n) is 4.78. The molecule has 0 N–H and O–H groups in total. The molecule has 7 heteroatoms. The number of carbonyl (C=O) groups excluding carboxylic acids is 2. The average Bonchev–Trinajstić information content (AvgIpc) is 2.78. The van der Waals surface area contributed by atoms with Crippen LogP contribution < -0.4 is 11.4 Å². The monoisotopic (exact) mass is 415 g/mol. The summed E-state index contributed by atoms with van der Waals surface area (Å²) in [5.41, 5.74) is 2.22. The molecule has 1 aliphatic heterocycles. The quantitative estimate of drug-likeness (QED) is 0.369. The molecule has 3 aromatic carbocycles. The van der Waals surface area contributed by atoms with Crippen LogP contribution in [-0.2, 0) is 22.5 Å². The van der Waals surface area contributed by atoms with Crippen molar-refractivity contribution < 1.29 is 18.7 Å². The second-order valence-electron chi connectivity index (χ2n) is 6.84.